The fourth-order valence-electron chi connectivity index (χ4n) is 3.22. The number of hydrogen-bond acceptors (Lipinski definition) is 5. The molecule has 3 aromatic rings. The molecule has 0 aromatic heterocycles. The summed E-state index contributed by atoms with van der Waals surface area (Å²) in [7, 11) is 0. The number of rotatable bonds is 6. The number of ether oxygens (including phenoxy) is 3. The first-order valence-electron chi connectivity index (χ1n) is 9.83. The molecule has 0 radical (unpaired) electrons. The Morgan fingerprint density at radius 2 is 1.84 bits per heavy atom. The lowest BCUT2D eigenvalue weighted by molar-refractivity contribution is -0.144. The van der Waals surface area contributed by atoms with Crippen LogP contribution in [0.2, 0.25) is 5.02 Å². The summed E-state index contributed by atoms with van der Waals surface area (Å²) < 4.78 is 30.9. The van der Waals surface area contributed by atoms with Crippen LogP contribution < -0.4 is 10.1 Å². The lowest BCUT2D eigenvalue weighted by Gasteiger charge is -2.28. The third kappa shape index (κ3) is 5.25. The molecule has 8 heteroatoms. The molecule has 1 N–H and O–H groups in total. The van der Waals surface area contributed by atoms with Crippen molar-refractivity contribution in [2.75, 3.05) is 6.54 Å². The van der Waals surface area contributed by atoms with Crippen molar-refractivity contribution in [3.63, 3.8) is 0 Å². The van der Waals surface area contributed by atoms with Gasteiger partial charge < -0.3 is 19.5 Å². The van der Waals surface area contributed by atoms with Gasteiger partial charge in [0.15, 0.2) is 0 Å². The summed E-state index contributed by atoms with van der Waals surface area (Å²) in [6.45, 7) is -0.391. The minimum absolute atomic E-state index is 0.157. The summed E-state index contributed by atoms with van der Waals surface area (Å²) >= 11 is 5.80. The van der Waals surface area contributed by atoms with E-state index in [4.69, 9.17) is 25.8 Å². The summed E-state index contributed by atoms with van der Waals surface area (Å²) in [5, 5.41) is 2.98. The molecular weight excluding hydrogens is 437 g/mol. The fraction of sp³-hybridized carbons (Fsp3) is 0.167. The molecule has 164 valence electrons. The quantitative estimate of drug-likeness (QED) is 0.551. The average molecular weight is 456 g/mol. The van der Waals surface area contributed by atoms with E-state index in [0.717, 1.165) is 5.56 Å². The van der Waals surface area contributed by atoms with Crippen molar-refractivity contribution in [3.05, 3.63) is 99.8 Å². The van der Waals surface area contributed by atoms with Gasteiger partial charge in [-0.15, -0.1) is 0 Å². The van der Waals surface area contributed by atoms with Crippen molar-refractivity contribution < 1.29 is 28.2 Å². The molecule has 1 atom stereocenters. The number of benzene rings is 3. The highest BCUT2D eigenvalue weighted by atomic mass is 35.5. The van der Waals surface area contributed by atoms with E-state index in [1.54, 1.807) is 24.3 Å². The van der Waals surface area contributed by atoms with Crippen molar-refractivity contribution in [1.29, 1.82) is 0 Å². The number of hydrogen-bond donors (Lipinski definition) is 1. The molecule has 1 heterocycles. The zero-order chi connectivity index (χ0) is 22.5. The SMILES string of the molecule is O=C(CNC(=O)c1ccc(Cl)cc1)OCc1cc(F)cc2c1O[C@H](c1ccccc1)OC2. The first-order chi connectivity index (χ1) is 15.5. The van der Waals surface area contributed by atoms with Crippen molar-refractivity contribution in [3.8, 4) is 5.75 Å². The molecular formula is C24H19ClFNO5. The summed E-state index contributed by atoms with van der Waals surface area (Å²) in [6.07, 6.45) is -0.651. The summed E-state index contributed by atoms with van der Waals surface area (Å²) in [6, 6.07) is 18.2. The van der Waals surface area contributed by atoms with E-state index >= 15 is 0 Å². The van der Waals surface area contributed by atoms with Gasteiger partial charge in [-0.2, -0.15) is 0 Å². The molecule has 4 rings (SSSR count). The van der Waals surface area contributed by atoms with E-state index in [1.807, 2.05) is 30.3 Å². The van der Waals surface area contributed by atoms with Gasteiger partial charge in [0.25, 0.3) is 5.91 Å². The van der Waals surface area contributed by atoms with Crippen molar-refractivity contribution in [2.24, 2.45) is 0 Å². The Labute approximate surface area is 188 Å². The zero-order valence-electron chi connectivity index (χ0n) is 16.8. The van der Waals surface area contributed by atoms with Crippen LogP contribution in [0.4, 0.5) is 4.39 Å². The monoisotopic (exact) mass is 455 g/mol. The van der Waals surface area contributed by atoms with E-state index < -0.39 is 24.0 Å². The topological polar surface area (TPSA) is 73.9 Å². The van der Waals surface area contributed by atoms with Crippen LogP contribution in [-0.2, 0) is 27.5 Å². The third-order valence-corrected chi connectivity index (χ3v) is 5.03. The molecule has 3 aromatic carbocycles. The van der Waals surface area contributed by atoms with Crippen LogP contribution in [0.15, 0.2) is 66.7 Å². The molecule has 6 nitrogen and oxygen atoms in total. The Bertz CT molecular complexity index is 1120. The molecule has 0 aliphatic carbocycles. The normalized spacial score (nSPS) is 14.8. The van der Waals surface area contributed by atoms with Gasteiger partial charge in [0.1, 0.15) is 24.7 Å². The molecule has 0 unspecified atom stereocenters. The van der Waals surface area contributed by atoms with Gasteiger partial charge in [-0.3, -0.25) is 9.59 Å². The van der Waals surface area contributed by atoms with E-state index in [2.05, 4.69) is 5.32 Å². The zero-order valence-corrected chi connectivity index (χ0v) is 17.6. The van der Waals surface area contributed by atoms with E-state index in [9.17, 15) is 14.0 Å². The molecule has 0 saturated heterocycles. The van der Waals surface area contributed by atoms with Crippen LogP contribution in [0.3, 0.4) is 0 Å². The lowest BCUT2D eigenvalue weighted by atomic mass is 10.1. The summed E-state index contributed by atoms with van der Waals surface area (Å²) in [4.78, 5) is 24.2. The molecule has 0 fully saturated rings. The highest BCUT2D eigenvalue weighted by molar-refractivity contribution is 6.30. The molecule has 0 spiro atoms. The van der Waals surface area contributed by atoms with Crippen LogP contribution >= 0.6 is 11.6 Å². The van der Waals surface area contributed by atoms with E-state index in [0.29, 0.717) is 27.5 Å². The van der Waals surface area contributed by atoms with Gasteiger partial charge in [-0.1, -0.05) is 41.9 Å². The standard InChI is InChI=1S/C24H19ClFNO5/c25-19-8-6-15(7-9-19)23(29)27-12-21(28)30-13-17-10-20(26)11-18-14-31-24(32-22(17)18)16-4-2-1-3-5-16/h1-11,24H,12-14H2,(H,27,29)/t24-/m1/s1. The van der Waals surface area contributed by atoms with Gasteiger partial charge in [0.2, 0.25) is 6.29 Å². The Morgan fingerprint density at radius 1 is 1.09 bits per heavy atom. The van der Waals surface area contributed by atoms with Crippen LogP contribution in [0.1, 0.15) is 33.3 Å². The Morgan fingerprint density at radius 3 is 2.59 bits per heavy atom. The molecule has 1 aliphatic rings. The Kier molecular flexibility index (Phi) is 6.68. The highest BCUT2D eigenvalue weighted by Crippen LogP contribution is 2.36. The molecule has 1 amide bonds. The highest BCUT2D eigenvalue weighted by Gasteiger charge is 2.25. The Balaban J connectivity index is 1.38. The minimum Gasteiger partial charge on any atom is -0.460 e. The van der Waals surface area contributed by atoms with Crippen molar-refractivity contribution in [1.82, 2.24) is 5.32 Å². The number of carbonyl (C=O) groups excluding carboxylic acids is 2. The van der Waals surface area contributed by atoms with Crippen LogP contribution in [0.25, 0.3) is 0 Å². The smallest absolute Gasteiger partial charge is 0.325 e. The van der Waals surface area contributed by atoms with Gasteiger partial charge >= 0.3 is 5.97 Å². The van der Waals surface area contributed by atoms with Crippen LogP contribution in [0.5, 0.6) is 5.75 Å². The number of nitrogens with one attached hydrogen (secondary N) is 1. The number of fused-ring (bicyclic) bond motifs is 1. The minimum atomic E-state index is -0.669. The first kappa shape index (κ1) is 21.8. The summed E-state index contributed by atoms with van der Waals surface area (Å²) in [5.74, 6) is -1.18. The van der Waals surface area contributed by atoms with Gasteiger partial charge in [0, 0.05) is 27.3 Å². The fourth-order valence-corrected chi connectivity index (χ4v) is 3.35. The third-order valence-electron chi connectivity index (χ3n) is 4.78. The van der Waals surface area contributed by atoms with Gasteiger partial charge in [-0.05, 0) is 36.4 Å². The second-order valence-electron chi connectivity index (χ2n) is 7.07. The predicted molar refractivity (Wildman–Crippen MR) is 115 cm³/mol. The number of halogens is 2. The number of esters is 1. The van der Waals surface area contributed by atoms with Crippen LogP contribution in [0, 0.1) is 5.82 Å². The predicted octanol–water partition coefficient (Wildman–Crippen LogP) is 4.56. The molecule has 0 bridgehead atoms. The second kappa shape index (κ2) is 9.80. The number of carbonyl (C=O) groups is 2. The second-order valence-corrected chi connectivity index (χ2v) is 7.51. The first-order valence-corrected chi connectivity index (χ1v) is 10.2. The van der Waals surface area contributed by atoms with E-state index in [1.165, 1.54) is 12.1 Å². The molecule has 0 saturated carbocycles. The number of amides is 1. The van der Waals surface area contributed by atoms with Crippen molar-refractivity contribution in [2.45, 2.75) is 19.5 Å². The Hall–Kier alpha value is -3.42. The average Bonchev–Trinajstić information content (AvgIpc) is 2.81. The van der Waals surface area contributed by atoms with E-state index in [-0.39, 0.29) is 19.8 Å². The lowest BCUT2D eigenvalue weighted by Crippen LogP contribution is -2.30. The maximum atomic E-state index is 14.1. The van der Waals surface area contributed by atoms with Gasteiger partial charge in [0.05, 0.1) is 6.61 Å². The van der Waals surface area contributed by atoms with Crippen LogP contribution in [-0.4, -0.2) is 18.4 Å². The molecule has 1 aliphatic heterocycles. The van der Waals surface area contributed by atoms with Crippen molar-refractivity contribution >= 4 is 23.5 Å². The maximum absolute atomic E-state index is 14.1. The largest absolute Gasteiger partial charge is 0.460 e. The summed E-state index contributed by atoms with van der Waals surface area (Å²) in [5.41, 5.74) is 2.08. The van der Waals surface area contributed by atoms with Gasteiger partial charge in [-0.25, -0.2) is 4.39 Å². The maximum Gasteiger partial charge on any atom is 0.325 e. The molecule has 32 heavy (non-hydrogen) atoms.